The summed E-state index contributed by atoms with van der Waals surface area (Å²) in [4.78, 5) is 0. The van der Waals surface area contributed by atoms with Crippen LogP contribution in [0.1, 0.15) is 35.1 Å². The number of alkyl halides is 6. The van der Waals surface area contributed by atoms with Crippen LogP contribution in [0.25, 0.3) is 0 Å². The Hall–Kier alpha value is -2.38. The van der Waals surface area contributed by atoms with Gasteiger partial charge in [0.05, 0.1) is 11.1 Å². The van der Waals surface area contributed by atoms with Crippen LogP contribution >= 0.6 is 0 Å². The van der Waals surface area contributed by atoms with Crippen molar-refractivity contribution >= 4 is 0 Å². The number of hydrogen-bond acceptors (Lipinski definition) is 2. The molecule has 26 heavy (non-hydrogen) atoms. The fourth-order valence-electron chi connectivity index (χ4n) is 2.55. The molecule has 0 spiro atoms. The topological polar surface area (TPSA) is 40.5 Å². The minimum atomic E-state index is -4.85. The summed E-state index contributed by atoms with van der Waals surface area (Å²) in [7, 11) is 0. The molecule has 2 rings (SSSR count). The highest BCUT2D eigenvalue weighted by molar-refractivity contribution is 5.40. The molecule has 0 unspecified atom stereocenters. The molecule has 0 aromatic heterocycles. The molecule has 0 amide bonds. The summed E-state index contributed by atoms with van der Waals surface area (Å²) in [6.07, 6.45) is -8.28. The van der Waals surface area contributed by atoms with Crippen molar-refractivity contribution in [3.63, 3.8) is 0 Å². The molecule has 0 heterocycles. The first-order chi connectivity index (χ1) is 12.0. The molecular weight excluding hydrogens is 362 g/mol. The molecule has 0 fully saturated rings. The molecule has 0 saturated heterocycles. The highest BCUT2D eigenvalue weighted by atomic mass is 19.4. The van der Waals surface area contributed by atoms with Crippen LogP contribution in [0, 0.1) is 0 Å². The van der Waals surface area contributed by atoms with E-state index in [2.05, 4.69) is 0 Å². The van der Waals surface area contributed by atoms with Gasteiger partial charge in [0.2, 0.25) is 0 Å². The first kappa shape index (κ1) is 19.9. The smallest absolute Gasteiger partial charge is 0.416 e. The Morgan fingerprint density at radius 1 is 0.615 bits per heavy atom. The van der Waals surface area contributed by atoms with E-state index in [9.17, 15) is 36.6 Å². The molecule has 0 saturated carbocycles. The van der Waals surface area contributed by atoms with E-state index in [1.54, 1.807) is 6.07 Å². The molecule has 2 nitrogen and oxygen atoms in total. The molecule has 8 heteroatoms. The summed E-state index contributed by atoms with van der Waals surface area (Å²) in [5.41, 5.74) is -1.95. The maximum atomic E-state index is 12.8. The number of aromatic hydroxyl groups is 2. The van der Waals surface area contributed by atoms with Gasteiger partial charge in [-0.15, -0.1) is 0 Å². The van der Waals surface area contributed by atoms with Crippen LogP contribution in [0.4, 0.5) is 26.3 Å². The predicted molar refractivity (Wildman–Crippen MR) is 82.9 cm³/mol. The van der Waals surface area contributed by atoms with Crippen LogP contribution < -0.4 is 0 Å². The molecule has 2 aromatic rings. The highest BCUT2D eigenvalue weighted by Gasteiger charge is 2.36. The van der Waals surface area contributed by atoms with E-state index in [1.807, 2.05) is 0 Å². The lowest BCUT2D eigenvalue weighted by Crippen LogP contribution is -2.11. The van der Waals surface area contributed by atoms with Gasteiger partial charge in [0.1, 0.15) is 0 Å². The molecule has 0 bridgehead atoms. The fourth-order valence-corrected chi connectivity index (χ4v) is 2.55. The van der Waals surface area contributed by atoms with E-state index in [0.717, 1.165) is 12.1 Å². The van der Waals surface area contributed by atoms with Gasteiger partial charge in [-0.25, -0.2) is 0 Å². The van der Waals surface area contributed by atoms with Crippen LogP contribution in [0.15, 0.2) is 36.4 Å². The second-order valence-corrected chi connectivity index (χ2v) is 5.94. The lowest BCUT2D eigenvalue weighted by Gasteiger charge is -2.14. The van der Waals surface area contributed by atoms with Crippen LogP contribution in [0.5, 0.6) is 11.5 Å². The maximum Gasteiger partial charge on any atom is 0.416 e. The zero-order valence-electron chi connectivity index (χ0n) is 13.5. The van der Waals surface area contributed by atoms with Crippen molar-refractivity contribution in [2.24, 2.45) is 0 Å². The molecule has 0 radical (unpaired) electrons. The van der Waals surface area contributed by atoms with E-state index in [4.69, 9.17) is 0 Å². The largest absolute Gasteiger partial charge is 0.504 e. The summed E-state index contributed by atoms with van der Waals surface area (Å²) >= 11 is 0. The predicted octanol–water partition coefficient (Wildman–Crippen LogP) is 5.70. The van der Waals surface area contributed by atoms with Crippen molar-refractivity contribution in [1.29, 1.82) is 0 Å². The molecule has 0 aliphatic heterocycles. The number of rotatable bonds is 5. The lowest BCUT2D eigenvalue weighted by molar-refractivity contribution is -0.143. The average molecular weight is 378 g/mol. The summed E-state index contributed by atoms with van der Waals surface area (Å²) in [6, 6.07) is 5.85. The van der Waals surface area contributed by atoms with Crippen molar-refractivity contribution in [3.8, 4) is 11.5 Å². The summed E-state index contributed by atoms with van der Waals surface area (Å²) in [6.45, 7) is 0. The minimum absolute atomic E-state index is 0.0271. The Morgan fingerprint density at radius 3 is 1.58 bits per heavy atom. The van der Waals surface area contributed by atoms with Crippen LogP contribution in [0.2, 0.25) is 0 Å². The third-order valence-corrected chi connectivity index (χ3v) is 3.87. The number of unbranched alkanes of at least 4 members (excludes halogenated alkanes) is 1. The molecule has 0 aliphatic rings. The Kier molecular flexibility index (Phi) is 5.73. The number of benzene rings is 2. The van der Waals surface area contributed by atoms with Gasteiger partial charge in [-0.3, -0.25) is 0 Å². The Morgan fingerprint density at radius 2 is 1.12 bits per heavy atom. The van der Waals surface area contributed by atoms with Gasteiger partial charge < -0.3 is 10.2 Å². The van der Waals surface area contributed by atoms with Gasteiger partial charge in [0.25, 0.3) is 0 Å². The number of phenolic OH excluding ortho intramolecular Hbond substituents is 2. The van der Waals surface area contributed by atoms with E-state index < -0.39 is 23.5 Å². The van der Waals surface area contributed by atoms with Gasteiger partial charge >= 0.3 is 12.4 Å². The van der Waals surface area contributed by atoms with E-state index in [1.165, 1.54) is 12.1 Å². The molecule has 0 aliphatic carbocycles. The second kappa shape index (κ2) is 7.47. The number of aryl methyl sites for hydroxylation is 2. The first-order valence-corrected chi connectivity index (χ1v) is 7.76. The molecule has 2 N–H and O–H groups in total. The third-order valence-electron chi connectivity index (χ3n) is 3.87. The highest BCUT2D eigenvalue weighted by Crippen LogP contribution is 2.36. The Balaban J connectivity index is 2.05. The molecule has 2 aromatic carbocycles. The van der Waals surface area contributed by atoms with Crippen molar-refractivity contribution < 1.29 is 36.6 Å². The van der Waals surface area contributed by atoms with Crippen molar-refractivity contribution in [2.75, 3.05) is 0 Å². The zero-order chi connectivity index (χ0) is 19.5. The van der Waals surface area contributed by atoms with Crippen molar-refractivity contribution in [1.82, 2.24) is 0 Å². The number of hydrogen-bond donors (Lipinski definition) is 2. The second-order valence-electron chi connectivity index (χ2n) is 5.94. The van der Waals surface area contributed by atoms with E-state index in [-0.39, 0.29) is 29.5 Å². The van der Waals surface area contributed by atoms with Crippen molar-refractivity contribution in [3.05, 3.63) is 58.7 Å². The minimum Gasteiger partial charge on any atom is -0.504 e. The summed E-state index contributed by atoms with van der Waals surface area (Å²) in [5.74, 6) is -0.549. The number of phenols is 2. The number of halogens is 6. The molecule has 142 valence electrons. The monoisotopic (exact) mass is 378 g/mol. The van der Waals surface area contributed by atoms with Gasteiger partial charge in [0.15, 0.2) is 11.5 Å². The summed E-state index contributed by atoms with van der Waals surface area (Å²) in [5, 5.41) is 18.6. The normalized spacial score (nSPS) is 12.4. The van der Waals surface area contributed by atoms with E-state index in [0.29, 0.717) is 24.8 Å². The lowest BCUT2D eigenvalue weighted by atomic mass is 9.99. The third kappa shape index (κ3) is 5.31. The standard InChI is InChI=1S/C18H16F6O2/c19-17(20,21)13-7-12(8-14(10-13)18(22,23)24)4-2-1-3-11-5-6-15(25)16(26)9-11/h5-10,25-26H,1-4H2. The first-order valence-electron chi connectivity index (χ1n) is 7.76. The van der Waals surface area contributed by atoms with Gasteiger partial charge in [-0.1, -0.05) is 6.07 Å². The quantitative estimate of drug-likeness (QED) is 0.398. The molecular formula is C18H16F6O2. The Bertz CT molecular complexity index is 733. The van der Waals surface area contributed by atoms with Gasteiger partial charge in [0, 0.05) is 0 Å². The van der Waals surface area contributed by atoms with Crippen LogP contribution in [-0.2, 0) is 25.2 Å². The van der Waals surface area contributed by atoms with Crippen LogP contribution in [-0.4, -0.2) is 10.2 Å². The van der Waals surface area contributed by atoms with Gasteiger partial charge in [-0.05, 0) is 67.1 Å². The maximum absolute atomic E-state index is 12.8. The Labute approximate surface area is 145 Å². The zero-order valence-corrected chi connectivity index (χ0v) is 13.5. The summed E-state index contributed by atoms with van der Waals surface area (Å²) < 4.78 is 76.8. The van der Waals surface area contributed by atoms with Crippen LogP contribution in [0.3, 0.4) is 0 Å². The van der Waals surface area contributed by atoms with Gasteiger partial charge in [-0.2, -0.15) is 26.3 Å². The van der Waals surface area contributed by atoms with Crippen molar-refractivity contribution in [2.45, 2.75) is 38.0 Å². The fraction of sp³-hybridized carbons (Fsp3) is 0.333. The molecule has 0 atom stereocenters. The average Bonchev–Trinajstić information content (AvgIpc) is 2.53. The SMILES string of the molecule is Oc1ccc(CCCCc2cc(C(F)(F)F)cc(C(F)(F)F)c2)cc1O. The van der Waals surface area contributed by atoms with E-state index >= 15 is 0 Å².